The van der Waals surface area contributed by atoms with Crippen molar-refractivity contribution in [1.29, 1.82) is 0 Å². The monoisotopic (exact) mass is 200 g/mol. The molecular weight excluding hydrogens is 179 g/mol. The maximum absolute atomic E-state index is 13.9. The summed E-state index contributed by atoms with van der Waals surface area (Å²) in [5.41, 5.74) is -0.483. The number of hydrogen-bond acceptors (Lipinski definition) is 1. The van der Waals surface area contributed by atoms with E-state index in [0.29, 0.717) is 12.8 Å². The van der Waals surface area contributed by atoms with Crippen LogP contribution in [0.25, 0.3) is 0 Å². The normalized spacial score (nSPS) is 32.9. The average Bonchev–Trinajstić information content (AvgIpc) is 2.39. The molecule has 0 saturated heterocycles. The van der Waals surface area contributed by atoms with Gasteiger partial charge in [0.25, 0.3) is 0 Å². The van der Waals surface area contributed by atoms with Gasteiger partial charge in [-0.2, -0.15) is 0 Å². The van der Waals surface area contributed by atoms with Gasteiger partial charge < -0.3 is 5.11 Å². The summed E-state index contributed by atoms with van der Waals surface area (Å²) < 4.78 is 13.9. The van der Waals surface area contributed by atoms with Gasteiger partial charge in [0, 0.05) is 5.41 Å². The molecule has 0 aliphatic heterocycles. The van der Waals surface area contributed by atoms with Gasteiger partial charge in [-0.1, -0.05) is 31.9 Å². The van der Waals surface area contributed by atoms with Crippen LogP contribution in [-0.2, 0) is 0 Å². The minimum atomic E-state index is -0.839. The van der Waals surface area contributed by atoms with E-state index in [9.17, 15) is 9.50 Å². The quantitative estimate of drug-likeness (QED) is 0.691. The standard InChI is InChI=1S/C12H21FO/c1-2-3-8-12(10-14)9-6-4-5-7-11(12)13/h4,6,11,14H,2-3,5,7-10H2,1H3/t11-,12-/m0/s1. The Hall–Kier alpha value is -0.370. The Kier molecular flexibility index (Phi) is 4.59. The van der Waals surface area contributed by atoms with Gasteiger partial charge >= 0.3 is 0 Å². The van der Waals surface area contributed by atoms with Crippen LogP contribution >= 0.6 is 0 Å². The van der Waals surface area contributed by atoms with E-state index in [1.54, 1.807) is 0 Å². The summed E-state index contributed by atoms with van der Waals surface area (Å²) in [6.45, 7) is 2.09. The highest BCUT2D eigenvalue weighted by molar-refractivity contribution is 4.99. The molecular formula is C12H21FO. The first-order valence-electron chi connectivity index (χ1n) is 5.65. The molecule has 1 aliphatic carbocycles. The number of unbranched alkanes of at least 4 members (excludes halogenated alkanes) is 1. The Balaban J connectivity index is 2.66. The van der Waals surface area contributed by atoms with E-state index in [4.69, 9.17) is 0 Å². The smallest absolute Gasteiger partial charge is 0.108 e. The molecule has 82 valence electrons. The molecule has 0 saturated carbocycles. The third kappa shape index (κ3) is 2.57. The molecule has 1 aliphatic rings. The summed E-state index contributed by atoms with van der Waals surface area (Å²) in [7, 11) is 0. The molecule has 0 amide bonds. The van der Waals surface area contributed by atoms with Crippen molar-refractivity contribution >= 4 is 0 Å². The predicted octanol–water partition coefficient (Wildman–Crippen LogP) is 3.23. The van der Waals surface area contributed by atoms with Crippen molar-refractivity contribution in [3.63, 3.8) is 0 Å². The van der Waals surface area contributed by atoms with Gasteiger partial charge in [-0.15, -0.1) is 0 Å². The molecule has 0 unspecified atom stereocenters. The molecule has 0 aromatic rings. The maximum Gasteiger partial charge on any atom is 0.108 e. The Morgan fingerprint density at radius 3 is 2.93 bits per heavy atom. The van der Waals surface area contributed by atoms with Crippen LogP contribution in [0, 0.1) is 5.41 Å². The molecule has 0 aromatic carbocycles. The largest absolute Gasteiger partial charge is 0.396 e. The van der Waals surface area contributed by atoms with E-state index in [2.05, 4.69) is 6.92 Å². The summed E-state index contributed by atoms with van der Waals surface area (Å²) in [5, 5.41) is 9.39. The van der Waals surface area contributed by atoms with Crippen molar-refractivity contribution < 1.29 is 9.50 Å². The lowest BCUT2D eigenvalue weighted by atomic mass is 9.76. The van der Waals surface area contributed by atoms with Gasteiger partial charge in [-0.3, -0.25) is 0 Å². The Morgan fingerprint density at radius 1 is 1.50 bits per heavy atom. The second kappa shape index (κ2) is 5.50. The van der Waals surface area contributed by atoms with Crippen LogP contribution in [0.2, 0.25) is 0 Å². The fraction of sp³-hybridized carbons (Fsp3) is 0.833. The number of aliphatic hydroxyl groups excluding tert-OH is 1. The van der Waals surface area contributed by atoms with E-state index >= 15 is 0 Å². The van der Waals surface area contributed by atoms with Crippen LogP contribution in [0.5, 0.6) is 0 Å². The van der Waals surface area contributed by atoms with Gasteiger partial charge in [0.1, 0.15) is 6.17 Å². The Labute approximate surface area is 86.0 Å². The van der Waals surface area contributed by atoms with E-state index in [1.165, 1.54) is 0 Å². The van der Waals surface area contributed by atoms with Gasteiger partial charge in [0.05, 0.1) is 6.61 Å². The zero-order valence-electron chi connectivity index (χ0n) is 9.01. The fourth-order valence-electron chi connectivity index (χ4n) is 2.14. The molecule has 0 radical (unpaired) electrons. The lowest BCUT2D eigenvalue weighted by molar-refractivity contribution is 0.0258. The van der Waals surface area contributed by atoms with Gasteiger partial charge in [0.15, 0.2) is 0 Å². The molecule has 0 fully saturated rings. The first-order chi connectivity index (χ1) is 6.75. The average molecular weight is 200 g/mol. The number of alkyl halides is 1. The predicted molar refractivity (Wildman–Crippen MR) is 56.9 cm³/mol. The van der Waals surface area contributed by atoms with Crippen LogP contribution in [0.15, 0.2) is 12.2 Å². The second-order valence-electron chi connectivity index (χ2n) is 4.34. The van der Waals surface area contributed by atoms with Crippen molar-refractivity contribution in [2.75, 3.05) is 6.61 Å². The third-order valence-corrected chi connectivity index (χ3v) is 3.29. The highest BCUT2D eigenvalue weighted by atomic mass is 19.1. The lowest BCUT2D eigenvalue weighted by Gasteiger charge is -2.33. The van der Waals surface area contributed by atoms with E-state index in [0.717, 1.165) is 25.7 Å². The number of halogens is 1. The van der Waals surface area contributed by atoms with Crippen LogP contribution in [0.1, 0.15) is 45.4 Å². The first kappa shape index (κ1) is 11.7. The third-order valence-electron chi connectivity index (χ3n) is 3.29. The number of rotatable bonds is 4. The summed E-state index contributed by atoms with van der Waals surface area (Å²) in [4.78, 5) is 0. The number of allylic oxidation sites excluding steroid dienone is 2. The molecule has 0 bridgehead atoms. The van der Waals surface area contributed by atoms with Crippen molar-refractivity contribution in [3.05, 3.63) is 12.2 Å². The van der Waals surface area contributed by atoms with E-state index < -0.39 is 11.6 Å². The van der Waals surface area contributed by atoms with Gasteiger partial charge in [-0.05, 0) is 25.7 Å². The molecule has 0 heterocycles. The van der Waals surface area contributed by atoms with Crippen LogP contribution in [-0.4, -0.2) is 17.9 Å². The van der Waals surface area contributed by atoms with Crippen molar-refractivity contribution in [3.8, 4) is 0 Å². The molecule has 0 aromatic heterocycles. The minimum absolute atomic E-state index is 0.0154. The highest BCUT2D eigenvalue weighted by Crippen LogP contribution is 2.38. The molecule has 2 heteroatoms. The number of aliphatic hydroxyl groups is 1. The topological polar surface area (TPSA) is 20.2 Å². The van der Waals surface area contributed by atoms with Crippen LogP contribution in [0.3, 0.4) is 0 Å². The summed E-state index contributed by atoms with van der Waals surface area (Å²) in [6, 6.07) is 0. The highest BCUT2D eigenvalue weighted by Gasteiger charge is 2.37. The summed E-state index contributed by atoms with van der Waals surface area (Å²) >= 11 is 0. The lowest BCUT2D eigenvalue weighted by Crippen LogP contribution is -2.35. The molecule has 0 spiro atoms. The van der Waals surface area contributed by atoms with Gasteiger partial charge in [0.2, 0.25) is 0 Å². The van der Waals surface area contributed by atoms with Crippen LogP contribution < -0.4 is 0 Å². The molecule has 14 heavy (non-hydrogen) atoms. The molecule has 1 nitrogen and oxygen atoms in total. The second-order valence-corrected chi connectivity index (χ2v) is 4.34. The van der Waals surface area contributed by atoms with Crippen molar-refractivity contribution in [1.82, 2.24) is 0 Å². The Morgan fingerprint density at radius 2 is 2.29 bits per heavy atom. The van der Waals surface area contributed by atoms with E-state index in [-0.39, 0.29) is 6.61 Å². The van der Waals surface area contributed by atoms with Crippen molar-refractivity contribution in [2.45, 2.75) is 51.6 Å². The molecule has 1 N–H and O–H groups in total. The maximum atomic E-state index is 13.9. The zero-order chi connectivity index (χ0) is 10.4. The van der Waals surface area contributed by atoms with Crippen molar-refractivity contribution in [2.24, 2.45) is 5.41 Å². The summed E-state index contributed by atoms with van der Waals surface area (Å²) in [5.74, 6) is 0. The Bertz CT molecular complexity index is 191. The number of hydrogen-bond donors (Lipinski definition) is 1. The minimum Gasteiger partial charge on any atom is -0.396 e. The zero-order valence-corrected chi connectivity index (χ0v) is 9.01. The summed E-state index contributed by atoms with van der Waals surface area (Å²) in [6.07, 6.45) is 8.20. The van der Waals surface area contributed by atoms with E-state index in [1.807, 2.05) is 12.2 Å². The fourth-order valence-corrected chi connectivity index (χ4v) is 2.14. The first-order valence-corrected chi connectivity index (χ1v) is 5.65. The SMILES string of the molecule is CCCC[C@@]1(CO)CC=CCC[C@@H]1F. The molecule has 1 rings (SSSR count). The van der Waals surface area contributed by atoms with Gasteiger partial charge in [-0.25, -0.2) is 4.39 Å². The molecule has 2 atom stereocenters. The van der Waals surface area contributed by atoms with Crippen LogP contribution in [0.4, 0.5) is 4.39 Å².